The molecule has 1 fully saturated rings. The highest BCUT2D eigenvalue weighted by atomic mass is 35.5. The van der Waals surface area contributed by atoms with Gasteiger partial charge in [0.1, 0.15) is 5.75 Å². The fourth-order valence-corrected chi connectivity index (χ4v) is 5.21. The van der Waals surface area contributed by atoms with E-state index >= 15 is 0 Å². The highest BCUT2D eigenvalue weighted by Crippen LogP contribution is 2.38. The molecule has 5 nitrogen and oxygen atoms in total. The number of amides is 2. The lowest BCUT2D eigenvalue weighted by molar-refractivity contribution is -0.118. The third kappa shape index (κ3) is 5.87. The molecular formula is C26H20Cl2N2O3S2. The Morgan fingerprint density at radius 1 is 1.09 bits per heavy atom. The van der Waals surface area contributed by atoms with E-state index in [-0.39, 0.29) is 18.4 Å². The van der Waals surface area contributed by atoms with Gasteiger partial charge in [-0.2, -0.15) is 0 Å². The molecule has 2 amide bonds. The van der Waals surface area contributed by atoms with Crippen molar-refractivity contribution >= 4 is 80.8 Å². The van der Waals surface area contributed by atoms with E-state index < -0.39 is 0 Å². The number of thioether (sulfide) groups is 1. The summed E-state index contributed by atoms with van der Waals surface area (Å²) in [5.74, 6) is -0.200. The molecule has 0 unspecified atom stereocenters. The Kier molecular flexibility index (Phi) is 7.82. The lowest BCUT2D eigenvalue weighted by Crippen LogP contribution is -2.28. The van der Waals surface area contributed by atoms with Crippen LogP contribution in [0.1, 0.15) is 16.7 Å². The molecule has 0 atom stereocenters. The summed E-state index contributed by atoms with van der Waals surface area (Å²) in [6, 6.07) is 17.9. The standard InChI is InChI=1S/C26H20Cl2N2O3S2/c1-15-7-9-21(16(2)11-15)30-25(32)23(35-26(30)34)13-17-8-10-22(19(28)12-17)33-14-24(31)29-20-6-4-3-5-18(20)27/h3-13H,14H2,1-2H3,(H,29,31)/b23-13-. The van der Waals surface area contributed by atoms with E-state index in [1.165, 1.54) is 11.8 Å². The molecule has 1 aliphatic rings. The molecule has 0 saturated carbocycles. The third-order valence-corrected chi connectivity index (χ3v) is 7.07. The van der Waals surface area contributed by atoms with Gasteiger partial charge in [0.2, 0.25) is 0 Å². The number of hydrogen-bond acceptors (Lipinski definition) is 5. The van der Waals surface area contributed by atoms with Gasteiger partial charge in [-0.3, -0.25) is 14.5 Å². The number of para-hydroxylation sites is 1. The van der Waals surface area contributed by atoms with Gasteiger partial charge in [0.05, 0.1) is 26.3 Å². The lowest BCUT2D eigenvalue weighted by Gasteiger charge is -2.17. The Morgan fingerprint density at radius 3 is 2.57 bits per heavy atom. The molecule has 1 aliphatic heterocycles. The second-order valence-corrected chi connectivity index (χ2v) is 10.3. The van der Waals surface area contributed by atoms with Gasteiger partial charge in [0.15, 0.2) is 10.9 Å². The molecule has 4 rings (SSSR count). The van der Waals surface area contributed by atoms with Crippen LogP contribution in [0, 0.1) is 13.8 Å². The first-order valence-electron chi connectivity index (χ1n) is 10.5. The van der Waals surface area contributed by atoms with E-state index in [2.05, 4.69) is 5.32 Å². The quantitative estimate of drug-likeness (QED) is 0.267. The second kappa shape index (κ2) is 10.8. The van der Waals surface area contributed by atoms with Gasteiger partial charge in [0.25, 0.3) is 11.8 Å². The number of thiocarbonyl (C=S) groups is 1. The molecule has 1 N–H and O–H groups in total. The molecule has 3 aromatic rings. The van der Waals surface area contributed by atoms with Crippen molar-refractivity contribution in [3.05, 3.63) is 92.3 Å². The van der Waals surface area contributed by atoms with Crippen LogP contribution < -0.4 is 15.0 Å². The summed E-state index contributed by atoms with van der Waals surface area (Å²) in [5.41, 5.74) is 4.08. The van der Waals surface area contributed by atoms with Gasteiger partial charge in [-0.15, -0.1) is 0 Å². The van der Waals surface area contributed by atoms with E-state index in [9.17, 15) is 9.59 Å². The molecule has 3 aromatic carbocycles. The SMILES string of the molecule is Cc1ccc(N2C(=O)/C(=C/c3ccc(OCC(=O)Nc4ccccc4Cl)c(Cl)c3)SC2=S)c(C)c1. The predicted molar refractivity (Wildman–Crippen MR) is 149 cm³/mol. The van der Waals surface area contributed by atoms with Crippen molar-refractivity contribution in [3.8, 4) is 5.75 Å². The number of aryl methyl sites for hydroxylation is 2. The minimum absolute atomic E-state index is 0.181. The molecule has 1 saturated heterocycles. The Bertz CT molecular complexity index is 1370. The van der Waals surface area contributed by atoms with Crippen molar-refractivity contribution in [2.75, 3.05) is 16.8 Å². The lowest BCUT2D eigenvalue weighted by atomic mass is 10.1. The number of nitrogens with zero attached hydrogens (tertiary/aromatic N) is 1. The first-order chi connectivity index (χ1) is 16.7. The average Bonchev–Trinajstić information content (AvgIpc) is 3.07. The van der Waals surface area contributed by atoms with Crippen LogP contribution in [0.4, 0.5) is 11.4 Å². The number of ether oxygens (including phenoxy) is 1. The fourth-order valence-electron chi connectivity index (χ4n) is 3.50. The molecule has 9 heteroatoms. The molecule has 0 bridgehead atoms. The van der Waals surface area contributed by atoms with Gasteiger partial charge in [-0.25, -0.2) is 0 Å². The monoisotopic (exact) mass is 542 g/mol. The second-order valence-electron chi connectivity index (χ2n) is 7.81. The summed E-state index contributed by atoms with van der Waals surface area (Å²) in [4.78, 5) is 27.3. The Hall–Kier alpha value is -2.84. The maximum Gasteiger partial charge on any atom is 0.270 e. The summed E-state index contributed by atoms with van der Waals surface area (Å²) in [5, 5.41) is 3.44. The van der Waals surface area contributed by atoms with Gasteiger partial charge >= 0.3 is 0 Å². The topological polar surface area (TPSA) is 58.6 Å². The third-order valence-electron chi connectivity index (χ3n) is 5.15. The zero-order valence-electron chi connectivity index (χ0n) is 18.8. The molecular weight excluding hydrogens is 523 g/mol. The van der Waals surface area contributed by atoms with E-state index in [4.69, 9.17) is 40.2 Å². The highest BCUT2D eigenvalue weighted by molar-refractivity contribution is 8.27. The maximum atomic E-state index is 13.1. The van der Waals surface area contributed by atoms with Gasteiger partial charge in [-0.1, -0.05) is 83.1 Å². The number of carbonyl (C=O) groups is 2. The first-order valence-corrected chi connectivity index (χ1v) is 12.5. The molecule has 0 spiro atoms. The Balaban J connectivity index is 1.44. The predicted octanol–water partition coefficient (Wildman–Crippen LogP) is 7.03. The normalized spacial score (nSPS) is 14.5. The van der Waals surface area contributed by atoms with Crippen LogP contribution in [0.25, 0.3) is 6.08 Å². The van der Waals surface area contributed by atoms with Crippen LogP contribution >= 0.6 is 47.2 Å². The number of halogens is 2. The van der Waals surface area contributed by atoms with E-state index in [1.54, 1.807) is 53.4 Å². The van der Waals surface area contributed by atoms with Crippen molar-refractivity contribution in [2.45, 2.75) is 13.8 Å². The summed E-state index contributed by atoms with van der Waals surface area (Å²) in [6.07, 6.45) is 1.74. The van der Waals surface area contributed by atoms with Crippen molar-refractivity contribution in [1.29, 1.82) is 0 Å². The van der Waals surface area contributed by atoms with Gasteiger partial charge in [0, 0.05) is 0 Å². The Labute approximate surface area is 223 Å². The minimum Gasteiger partial charge on any atom is -0.482 e. The van der Waals surface area contributed by atoms with Crippen molar-refractivity contribution < 1.29 is 14.3 Å². The molecule has 0 aromatic heterocycles. The minimum atomic E-state index is -0.367. The molecule has 0 aliphatic carbocycles. The van der Waals surface area contributed by atoms with Crippen LogP contribution in [0.15, 0.2) is 65.6 Å². The number of carbonyl (C=O) groups excluding carboxylic acids is 2. The molecule has 35 heavy (non-hydrogen) atoms. The number of anilines is 2. The molecule has 1 heterocycles. The van der Waals surface area contributed by atoms with Crippen LogP contribution in [0.2, 0.25) is 10.0 Å². The number of nitrogens with one attached hydrogen (secondary N) is 1. The zero-order chi connectivity index (χ0) is 25.1. The van der Waals surface area contributed by atoms with E-state index in [1.807, 2.05) is 32.0 Å². The Morgan fingerprint density at radius 2 is 1.86 bits per heavy atom. The number of rotatable bonds is 6. The van der Waals surface area contributed by atoms with Crippen molar-refractivity contribution in [2.24, 2.45) is 0 Å². The van der Waals surface area contributed by atoms with Gasteiger partial charge in [-0.05, 0) is 61.4 Å². The summed E-state index contributed by atoms with van der Waals surface area (Å²) >= 11 is 19.2. The number of hydrogen-bond donors (Lipinski definition) is 1. The summed E-state index contributed by atoms with van der Waals surface area (Å²) in [7, 11) is 0. The van der Waals surface area contributed by atoms with E-state index in [0.29, 0.717) is 36.3 Å². The first kappa shape index (κ1) is 25.3. The summed E-state index contributed by atoms with van der Waals surface area (Å²) in [6.45, 7) is 3.72. The van der Waals surface area contributed by atoms with Crippen LogP contribution in [0.5, 0.6) is 5.75 Å². The fraction of sp³-hybridized carbons (Fsp3) is 0.115. The van der Waals surface area contributed by atoms with Crippen LogP contribution in [0.3, 0.4) is 0 Å². The van der Waals surface area contributed by atoms with Crippen molar-refractivity contribution in [3.63, 3.8) is 0 Å². The largest absolute Gasteiger partial charge is 0.482 e. The molecule has 178 valence electrons. The van der Waals surface area contributed by atoms with Crippen molar-refractivity contribution in [1.82, 2.24) is 0 Å². The van der Waals surface area contributed by atoms with E-state index in [0.717, 1.165) is 16.8 Å². The van der Waals surface area contributed by atoms with Crippen LogP contribution in [-0.2, 0) is 9.59 Å². The summed E-state index contributed by atoms with van der Waals surface area (Å²) < 4.78 is 6.04. The number of benzene rings is 3. The average molecular weight is 543 g/mol. The molecule has 0 radical (unpaired) electrons. The highest BCUT2D eigenvalue weighted by Gasteiger charge is 2.34. The van der Waals surface area contributed by atoms with Crippen LogP contribution in [-0.4, -0.2) is 22.7 Å². The maximum absolute atomic E-state index is 13.1. The van der Waals surface area contributed by atoms with Gasteiger partial charge < -0.3 is 10.1 Å². The zero-order valence-corrected chi connectivity index (χ0v) is 21.9. The smallest absolute Gasteiger partial charge is 0.270 e.